The molecule has 4 nitrogen and oxygen atoms in total. The maximum Gasteiger partial charge on any atom is 0.217 e. The Labute approximate surface area is 184 Å². The minimum absolute atomic E-state index is 0.220. The summed E-state index contributed by atoms with van der Waals surface area (Å²) in [7, 11) is 1.63. The third kappa shape index (κ3) is 4.15. The van der Waals surface area contributed by atoms with Crippen LogP contribution in [-0.2, 0) is 0 Å². The van der Waals surface area contributed by atoms with Crippen LogP contribution in [-0.4, -0.2) is 35.4 Å². The van der Waals surface area contributed by atoms with E-state index in [0.717, 1.165) is 33.0 Å². The van der Waals surface area contributed by atoms with Gasteiger partial charge in [-0.25, -0.2) is 4.98 Å². The normalized spacial score (nSPS) is 23.1. The maximum atomic E-state index is 11.9. The van der Waals surface area contributed by atoms with Gasteiger partial charge in [0, 0.05) is 32.4 Å². The molecule has 1 aliphatic rings. The number of nitrogens with one attached hydrogen (secondary N) is 1. The molecular weight excluding hydrogens is 452 g/mol. The van der Waals surface area contributed by atoms with Crippen LogP contribution in [0.2, 0.25) is 5.02 Å². The van der Waals surface area contributed by atoms with Crippen molar-refractivity contribution in [3.05, 3.63) is 69.2 Å². The Kier molecular flexibility index (Phi) is 5.85. The minimum Gasteiger partial charge on any atom is -0.481 e. The van der Waals surface area contributed by atoms with Gasteiger partial charge in [-0.3, -0.25) is 0 Å². The van der Waals surface area contributed by atoms with Crippen molar-refractivity contribution in [2.24, 2.45) is 0 Å². The topological polar surface area (TPSA) is 54.4 Å². The van der Waals surface area contributed by atoms with E-state index in [1.807, 2.05) is 42.5 Å². The highest BCUT2D eigenvalue weighted by Crippen LogP contribution is 2.45. The molecular formula is C23H24BrClN2O2. The number of benzene rings is 2. The van der Waals surface area contributed by atoms with Crippen LogP contribution < -0.4 is 10.1 Å². The Balaban J connectivity index is 1.94. The van der Waals surface area contributed by atoms with Gasteiger partial charge in [-0.15, -0.1) is 0 Å². The lowest BCUT2D eigenvalue weighted by molar-refractivity contribution is -0.0169. The lowest BCUT2D eigenvalue weighted by Crippen LogP contribution is -2.50. The predicted molar refractivity (Wildman–Crippen MR) is 121 cm³/mol. The van der Waals surface area contributed by atoms with Crippen LogP contribution in [0.15, 0.2) is 53.0 Å². The maximum absolute atomic E-state index is 11.9. The molecule has 2 aromatic carbocycles. The molecule has 3 atom stereocenters. The first-order valence-corrected chi connectivity index (χ1v) is 10.9. The smallest absolute Gasteiger partial charge is 0.217 e. The van der Waals surface area contributed by atoms with E-state index in [1.165, 1.54) is 0 Å². The largest absolute Gasteiger partial charge is 0.481 e. The molecule has 3 unspecified atom stereocenters. The number of hydrogen-bond donors (Lipinski definition) is 2. The number of methoxy groups -OCH3 is 1. The standard InChI is InChI=1S/C23H24BrClN2O2/c1-14-13-23(28,9-10-26-14)21(15-3-6-18(25)7-4-15)19-12-16-11-17(24)5-8-20(16)27-22(19)29-2/h3-8,11-12,14,21,26,28H,9-10,13H2,1-2H3. The molecule has 4 rings (SSSR count). The molecule has 0 aliphatic carbocycles. The summed E-state index contributed by atoms with van der Waals surface area (Å²) in [4.78, 5) is 4.75. The Hall–Kier alpha value is -1.66. The SMILES string of the molecule is COc1nc2ccc(Br)cc2cc1C(c1ccc(Cl)cc1)C1(O)CCNC(C)C1. The predicted octanol–water partition coefficient (Wildman–Crippen LogP) is 5.29. The van der Waals surface area contributed by atoms with Crippen molar-refractivity contribution in [2.45, 2.75) is 37.3 Å². The second kappa shape index (κ2) is 8.23. The van der Waals surface area contributed by atoms with Crippen LogP contribution in [0.5, 0.6) is 5.88 Å². The van der Waals surface area contributed by atoms with E-state index in [2.05, 4.69) is 34.2 Å². The number of rotatable bonds is 4. The number of pyridine rings is 1. The number of nitrogens with zero attached hydrogens (tertiary/aromatic N) is 1. The highest BCUT2D eigenvalue weighted by molar-refractivity contribution is 9.10. The van der Waals surface area contributed by atoms with E-state index >= 15 is 0 Å². The summed E-state index contributed by atoms with van der Waals surface area (Å²) in [6.07, 6.45) is 1.28. The summed E-state index contributed by atoms with van der Waals surface area (Å²) < 4.78 is 6.68. The van der Waals surface area contributed by atoms with Gasteiger partial charge in [0.25, 0.3) is 0 Å². The number of aliphatic hydroxyl groups is 1. The number of piperidine rings is 1. The summed E-state index contributed by atoms with van der Waals surface area (Å²) >= 11 is 9.69. The van der Waals surface area contributed by atoms with Gasteiger partial charge in [0.2, 0.25) is 5.88 Å². The van der Waals surface area contributed by atoms with Crippen LogP contribution in [0, 0.1) is 0 Å². The van der Waals surface area contributed by atoms with Crippen molar-refractivity contribution in [3.63, 3.8) is 0 Å². The van der Waals surface area contributed by atoms with Crippen LogP contribution in [0.3, 0.4) is 0 Å². The van der Waals surface area contributed by atoms with Gasteiger partial charge in [0.15, 0.2) is 0 Å². The molecule has 152 valence electrons. The summed E-state index contributed by atoms with van der Waals surface area (Å²) in [5.74, 6) is 0.259. The molecule has 1 fully saturated rings. The van der Waals surface area contributed by atoms with Crippen LogP contribution in [0.4, 0.5) is 0 Å². The van der Waals surface area contributed by atoms with Gasteiger partial charge < -0.3 is 15.2 Å². The first kappa shape index (κ1) is 20.6. The Morgan fingerprint density at radius 2 is 2.00 bits per heavy atom. The Bertz CT molecular complexity index is 1030. The third-order valence-corrected chi connectivity index (χ3v) is 6.47. The molecule has 0 spiro atoms. The molecule has 0 bridgehead atoms. The molecule has 2 heterocycles. The monoisotopic (exact) mass is 474 g/mol. The van der Waals surface area contributed by atoms with Crippen molar-refractivity contribution in [2.75, 3.05) is 13.7 Å². The number of hydrogen-bond acceptors (Lipinski definition) is 4. The van der Waals surface area contributed by atoms with Crippen LogP contribution in [0.25, 0.3) is 10.9 Å². The average molecular weight is 476 g/mol. The van der Waals surface area contributed by atoms with Gasteiger partial charge in [0.1, 0.15) is 0 Å². The Morgan fingerprint density at radius 1 is 1.24 bits per heavy atom. The Morgan fingerprint density at radius 3 is 2.69 bits per heavy atom. The lowest BCUT2D eigenvalue weighted by atomic mass is 9.71. The van der Waals surface area contributed by atoms with Crippen molar-refractivity contribution in [1.82, 2.24) is 10.3 Å². The molecule has 3 aromatic rings. The summed E-state index contributed by atoms with van der Waals surface area (Å²) in [5.41, 5.74) is 1.82. The summed E-state index contributed by atoms with van der Waals surface area (Å²) in [6.45, 7) is 2.87. The second-order valence-corrected chi connectivity index (χ2v) is 9.17. The number of fused-ring (bicyclic) bond motifs is 1. The summed E-state index contributed by atoms with van der Waals surface area (Å²) in [6, 6.07) is 16.0. The first-order valence-electron chi connectivity index (χ1n) is 9.75. The molecule has 2 N–H and O–H groups in total. The molecule has 1 aliphatic heterocycles. The number of halogens is 2. The van der Waals surface area contributed by atoms with E-state index in [0.29, 0.717) is 23.7 Å². The first-order chi connectivity index (χ1) is 13.9. The molecule has 1 aromatic heterocycles. The fourth-order valence-electron chi connectivity index (χ4n) is 4.45. The van der Waals surface area contributed by atoms with Gasteiger partial charge in [-0.2, -0.15) is 0 Å². The van der Waals surface area contributed by atoms with Crippen LogP contribution in [0.1, 0.15) is 36.8 Å². The minimum atomic E-state index is -0.923. The highest BCUT2D eigenvalue weighted by Gasteiger charge is 2.43. The van der Waals surface area contributed by atoms with Gasteiger partial charge >= 0.3 is 0 Å². The summed E-state index contributed by atoms with van der Waals surface area (Å²) in [5, 5.41) is 17.0. The van der Waals surface area contributed by atoms with Gasteiger partial charge in [-0.1, -0.05) is 39.7 Å². The zero-order chi connectivity index (χ0) is 20.6. The average Bonchev–Trinajstić information content (AvgIpc) is 2.68. The molecule has 1 saturated heterocycles. The molecule has 29 heavy (non-hydrogen) atoms. The molecule has 0 saturated carbocycles. The quantitative estimate of drug-likeness (QED) is 0.538. The van der Waals surface area contributed by atoms with E-state index in [9.17, 15) is 5.11 Å². The molecule has 6 heteroatoms. The van der Waals surface area contributed by atoms with Crippen molar-refractivity contribution < 1.29 is 9.84 Å². The van der Waals surface area contributed by atoms with Gasteiger partial charge in [-0.05, 0) is 68.3 Å². The highest BCUT2D eigenvalue weighted by atomic mass is 79.9. The van der Waals surface area contributed by atoms with Crippen molar-refractivity contribution in [1.29, 1.82) is 0 Å². The van der Waals surface area contributed by atoms with E-state index in [4.69, 9.17) is 21.3 Å². The van der Waals surface area contributed by atoms with E-state index < -0.39 is 5.60 Å². The molecule has 0 amide bonds. The zero-order valence-electron chi connectivity index (χ0n) is 16.5. The van der Waals surface area contributed by atoms with Crippen LogP contribution >= 0.6 is 27.5 Å². The lowest BCUT2D eigenvalue weighted by Gasteiger charge is -2.42. The molecule has 0 radical (unpaired) electrons. The van der Waals surface area contributed by atoms with E-state index in [1.54, 1.807) is 7.11 Å². The fraction of sp³-hybridized carbons (Fsp3) is 0.348. The van der Waals surface area contributed by atoms with Crippen molar-refractivity contribution >= 4 is 38.4 Å². The number of ether oxygens (including phenoxy) is 1. The number of aromatic nitrogens is 1. The third-order valence-electron chi connectivity index (χ3n) is 5.72. The zero-order valence-corrected chi connectivity index (χ0v) is 18.8. The van der Waals surface area contributed by atoms with Gasteiger partial charge in [0.05, 0.1) is 18.2 Å². The van der Waals surface area contributed by atoms with Crippen molar-refractivity contribution in [3.8, 4) is 5.88 Å². The van der Waals surface area contributed by atoms with E-state index in [-0.39, 0.29) is 12.0 Å². The second-order valence-electron chi connectivity index (χ2n) is 7.82. The fourth-order valence-corrected chi connectivity index (χ4v) is 4.96.